The molecule has 0 bridgehead atoms. The Labute approximate surface area is 135 Å². The standard InChI is InChI=1S/C16H25BrO4/c1-3-20-16(13-19-11-10-18-2)8-9-21-15-6-4-14(12-17)5-7-15/h4-7,16H,3,8-13H2,1-2H3. The second-order valence-corrected chi connectivity index (χ2v) is 5.12. The Balaban J connectivity index is 2.24. The van der Waals surface area contributed by atoms with Crippen molar-refractivity contribution in [3.8, 4) is 5.75 Å². The quantitative estimate of drug-likeness (QED) is 0.422. The Morgan fingerprint density at radius 3 is 2.48 bits per heavy atom. The van der Waals surface area contributed by atoms with E-state index in [0.717, 1.165) is 17.5 Å². The lowest BCUT2D eigenvalue weighted by molar-refractivity contribution is -0.0307. The Hall–Kier alpha value is -0.620. The molecule has 0 aliphatic carbocycles. The molecular formula is C16H25BrO4. The monoisotopic (exact) mass is 360 g/mol. The molecule has 0 saturated carbocycles. The highest BCUT2D eigenvalue weighted by Crippen LogP contribution is 2.14. The van der Waals surface area contributed by atoms with E-state index in [4.69, 9.17) is 18.9 Å². The van der Waals surface area contributed by atoms with Gasteiger partial charge < -0.3 is 18.9 Å². The first-order valence-corrected chi connectivity index (χ1v) is 8.38. The molecule has 0 fully saturated rings. The van der Waals surface area contributed by atoms with E-state index in [2.05, 4.69) is 28.1 Å². The van der Waals surface area contributed by atoms with E-state index in [1.165, 1.54) is 5.56 Å². The predicted octanol–water partition coefficient (Wildman–Crippen LogP) is 3.42. The number of hydrogen-bond acceptors (Lipinski definition) is 4. The van der Waals surface area contributed by atoms with Crippen LogP contribution in [-0.4, -0.2) is 46.2 Å². The van der Waals surface area contributed by atoms with E-state index in [-0.39, 0.29) is 6.10 Å². The van der Waals surface area contributed by atoms with Gasteiger partial charge in [-0.3, -0.25) is 0 Å². The summed E-state index contributed by atoms with van der Waals surface area (Å²) < 4.78 is 21.8. The minimum absolute atomic E-state index is 0.0636. The number of hydrogen-bond donors (Lipinski definition) is 0. The van der Waals surface area contributed by atoms with Crippen molar-refractivity contribution in [2.24, 2.45) is 0 Å². The maximum atomic E-state index is 5.73. The second kappa shape index (κ2) is 12.0. The zero-order valence-electron chi connectivity index (χ0n) is 12.8. The summed E-state index contributed by atoms with van der Waals surface area (Å²) in [5, 5.41) is 0.860. The average molecular weight is 361 g/mol. The second-order valence-electron chi connectivity index (χ2n) is 4.56. The molecule has 5 heteroatoms. The van der Waals surface area contributed by atoms with Crippen LogP contribution in [0, 0.1) is 0 Å². The van der Waals surface area contributed by atoms with Crippen LogP contribution in [0.2, 0.25) is 0 Å². The van der Waals surface area contributed by atoms with Gasteiger partial charge in [-0.2, -0.15) is 0 Å². The van der Waals surface area contributed by atoms with Crippen molar-refractivity contribution >= 4 is 15.9 Å². The van der Waals surface area contributed by atoms with Gasteiger partial charge in [-0.25, -0.2) is 0 Å². The largest absolute Gasteiger partial charge is 0.493 e. The van der Waals surface area contributed by atoms with Gasteiger partial charge in [0.05, 0.1) is 32.5 Å². The smallest absolute Gasteiger partial charge is 0.119 e. The van der Waals surface area contributed by atoms with Gasteiger partial charge in [-0.1, -0.05) is 28.1 Å². The summed E-state index contributed by atoms with van der Waals surface area (Å²) in [4.78, 5) is 0. The van der Waals surface area contributed by atoms with Crippen LogP contribution in [0.25, 0.3) is 0 Å². The molecule has 1 aromatic rings. The molecule has 0 saturated heterocycles. The number of rotatable bonds is 12. The lowest BCUT2D eigenvalue weighted by Gasteiger charge is -2.17. The summed E-state index contributed by atoms with van der Waals surface area (Å²) in [6.45, 7) is 5.06. The van der Waals surface area contributed by atoms with Gasteiger partial charge in [-0.15, -0.1) is 0 Å². The van der Waals surface area contributed by atoms with E-state index in [1.807, 2.05) is 19.1 Å². The number of methoxy groups -OCH3 is 1. The van der Waals surface area contributed by atoms with Crippen molar-refractivity contribution in [3.63, 3.8) is 0 Å². The number of alkyl halides is 1. The molecule has 0 N–H and O–H groups in total. The van der Waals surface area contributed by atoms with Crippen LogP contribution in [0.15, 0.2) is 24.3 Å². The molecule has 0 radical (unpaired) electrons. The van der Waals surface area contributed by atoms with Crippen LogP contribution in [0.3, 0.4) is 0 Å². The van der Waals surface area contributed by atoms with Gasteiger partial charge in [0, 0.05) is 25.5 Å². The number of benzene rings is 1. The summed E-state index contributed by atoms with van der Waals surface area (Å²) in [6, 6.07) is 8.08. The first-order chi connectivity index (χ1) is 10.3. The van der Waals surface area contributed by atoms with Crippen molar-refractivity contribution in [1.29, 1.82) is 0 Å². The number of ether oxygens (including phenoxy) is 4. The van der Waals surface area contributed by atoms with Crippen molar-refractivity contribution < 1.29 is 18.9 Å². The maximum absolute atomic E-state index is 5.73. The molecule has 120 valence electrons. The molecule has 4 nitrogen and oxygen atoms in total. The topological polar surface area (TPSA) is 36.9 Å². The van der Waals surface area contributed by atoms with Crippen molar-refractivity contribution in [1.82, 2.24) is 0 Å². The lowest BCUT2D eigenvalue weighted by atomic mass is 10.2. The fraction of sp³-hybridized carbons (Fsp3) is 0.625. The van der Waals surface area contributed by atoms with Crippen LogP contribution >= 0.6 is 15.9 Å². The SMILES string of the molecule is CCOC(CCOc1ccc(CBr)cc1)COCCOC. The lowest BCUT2D eigenvalue weighted by Crippen LogP contribution is -2.23. The van der Waals surface area contributed by atoms with Gasteiger partial charge >= 0.3 is 0 Å². The van der Waals surface area contributed by atoms with E-state index in [1.54, 1.807) is 7.11 Å². The third kappa shape index (κ3) is 8.41. The van der Waals surface area contributed by atoms with Gasteiger partial charge in [0.1, 0.15) is 5.75 Å². The molecule has 0 spiro atoms. The van der Waals surface area contributed by atoms with Crippen LogP contribution in [-0.2, 0) is 19.5 Å². The molecule has 0 aliphatic rings. The van der Waals surface area contributed by atoms with E-state index < -0.39 is 0 Å². The van der Waals surface area contributed by atoms with Gasteiger partial charge in [0.2, 0.25) is 0 Å². The Kier molecular flexibility index (Phi) is 10.5. The minimum Gasteiger partial charge on any atom is -0.493 e. The molecule has 1 unspecified atom stereocenters. The van der Waals surface area contributed by atoms with Crippen LogP contribution in [0.5, 0.6) is 5.75 Å². The molecule has 0 amide bonds. The van der Waals surface area contributed by atoms with Gasteiger partial charge in [0.25, 0.3) is 0 Å². The van der Waals surface area contributed by atoms with E-state index in [0.29, 0.717) is 33.0 Å². The normalized spacial score (nSPS) is 12.3. The Morgan fingerprint density at radius 1 is 1.10 bits per heavy atom. The third-order valence-electron chi connectivity index (χ3n) is 2.92. The van der Waals surface area contributed by atoms with Gasteiger partial charge in [-0.05, 0) is 24.6 Å². The maximum Gasteiger partial charge on any atom is 0.119 e. The molecule has 0 heterocycles. The Bertz CT molecular complexity index is 356. The highest BCUT2D eigenvalue weighted by atomic mass is 79.9. The molecule has 1 atom stereocenters. The summed E-state index contributed by atoms with van der Waals surface area (Å²) in [5.41, 5.74) is 1.24. The zero-order valence-corrected chi connectivity index (χ0v) is 14.4. The van der Waals surface area contributed by atoms with E-state index in [9.17, 15) is 0 Å². The summed E-state index contributed by atoms with van der Waals surface area (Å²) in [5.74, 6) is 0.884. The highest BCUT2D eigenvalue weighted by molar-refractivity contribution is 9.08. The molecule has 0 aromatic heterocycles. The van der Waals surface area contributed by atoms with E-state index >= 15 is 0 Å². The Morgan fingerprint density at radius 2 is 1.86 bits per heavy atom. The summed E-state index contributed by atoms with van der Waals surface area (Å²) >= 11 is 3.43. The zero-order chi connectivity index (χ0) is 15.3. The van der Waals surface area contributed by atoms with Crippen LogP contribution < -0.4 is 4.74 Å². The van der Waals surface area contributed by atoms with Crippen LogP contribution in [0.1, 0.15) is 18.9 Å². The van der Waals surface area contributed by atoms with Crippen molar-refractivity contribution in [2.75, 3.05) is 40.1 Å². The molecule has 0 aliphatic heterocycles. The summed E-state index contributed by atoms with van der Waals surface area (Å²) in [6.07, 6.45) is 0.870. The number of halogens is 1. The fourth-order valence-electron chi connectivity index (χ4n) is 1.79. The molecule has 1 aromatic carbocycles. The van der Waals surface area contributed by atoms with Crippen molar-refractivity contribution in [2.45, 2.75) is 24.8 Å². The highest BCUT2D eigenvalue weighted by Gasteiger charge is 2.09. The average Bonchev–Trinajstić information content (AvgIpc) is 2.52. The first kappa shape index (κ1) is 18.4. The molecule has 21 heavy (non-hydrogen) atoms. The fourth-order valence-corrected chi connectivity index (χ4v) is 2.16. The molecule has 1 rings (SSSR count). The minimum atomic E-state index is 0.0636. The summed E-state index contributed by atoms with van der Waals surface area (Å²) in [7, 11) is 1.66. The van der Waals surface area contributed by atoms with Crippen LogP contribution in [0.4, 0.5) is 0 Å². The first-order valence-electron chi connectivity index (χ1n) is 7.26. The van der Waals surface area contributed by atoms with Gasteiger partial charge in [0.15, 0.2) is 0 Å². The third-order valence-corrected chi connectivity index (χ3v) is 3.57. The predicted molar refractivity (Wildman–Crippen MR) is 87.3 cm³/mol. The van der Waals surface area contributed by atoms with Crippen molar-refractivity contribution in [3.05, 3.63) is 29.8 Å². The molecular weight excluding hydrogens is 336 g/mol.